The molecular formula is C34H24I3N3O10S. The number of amides is 2. The van der Waals surface area contributed by atoms with E-state index in [1.54, 1.807) is 24.3 Å². The number of anilines is 3. The van der Waals surface area contributed by atoms with E-state index >= 15 is 0 Å². The molecule has 0 fully saturated rings. The van der Waals surface area contributed by atoms with E-state index in [-0.39, 0.29) is 63.9 Å². The zero-order chi connectivity index (χ0) is 37.1. The minimum atomic E-state index is -1.24. The van der Waals surface area contributed by atoms with Crippen molar-refractivity contribution in [2.45, 2.75) is 13.8 Å². The molecule has 262 valence electrons. The van der Waals surface area contributed by atoms with Crippen LogP contribution in [0.1, 0.15) is 34.6 Å². The van der Waals surface area contributed by atoms with Crippen LogP contribution in [0.4, 0.5) is 17.1 Å². The Kier molecular flexibility index (Phi) is 12.0. The lowest BCUT2D eigenvalue weighted by atomic mass is 9.90. The predicted molar refractivity (Wildman–Crippen MR) is 219 cm³/mol. The van der Waals surface area contributed by atoms with Crippen LogP contribution in [0.5, 0.6) is 5.75 Å². The van der Waals surface area contributed by atoms with Crippen molar-refractivity contribution in [3.8, 4) is 28.2 Å². The number of carboxylic acids is 1. The average Bonchev–Trinajstić information content (AvgIpc) is 3.05. The van der Waals surface area contributed by atoms with Gasteiger partial charge >= 0.3 is 11.9 Å². The maximum atomic E-state index is 13.2. The highest BCUT2D eigenvalue weighted by Crippen LogP contribution is 2.43. The Morgan fingerprint density at radius 2 is 1.43 bits per heavy atom. The highest BCUT2D eigenvalue weighted by molar-refractivity contribution is 14.1. The lowest BCUT2D eigenvalue weighted by Gasteiger charge is -2.19. The highest BCUT2D eigenvalue weighted by Gasteiger charge is 2.27. The first-order chi connectivity index (χ1) is 24.2. The fraction of sp³-hybridized carbons (Fsp3) is 0.118. The third kappa shape index (κ3) is 8.52. The molecule has 0 aromatic heterocycles. The maximum absolute atomic E-state index is 13.2. The summed E-state index contributed by atoms with van der Waals surface area (Å²) in [6.45, 7) is 2.28. The lowest BCUT2D eigenvalue weighted by Crippen LogP contribution is -2.21. The van der Waals surface area contributed by atoms with Crippen molar-refractivity contribution in [1.82, 2.24) is 0 Å². The molecule has 0 unspecified atom stereocenters. The van der Waals surface area contributed by atoms with Crippen molar-refractivity contribution in [2.75, 3.05) is 29.2 Å². The molecule has 0 saturated carbocycles. The lowest BCUT2D eigenvalue weighted by molar-refractivity contribution is -0.115. The predicted octanol–water partition coefficient (Wildman–Crippen LogP) is 7.27. The number of nitrogens with one attached hydrogen (secondary N) is 3. The number of aromatic carboxylic acids is 1. The van der Waals surface area contributed by atoms with Gasteiger partial charge in [-0.3, -0.25) is 14.4 Å². The molecule has 5 rings (SSSR count). The quantitative estimate of drug-likeness (QED) is 0.0327. The van der Waals surface area contributed by atoms with Crippen molar-refractivity contribution in [1.29, 1.82) is 0 Å². The zero-order valence-corrected chi connectivity index (χ0v) is 33.6. The summed E-state index contributed by atoms with van der Waals surface area (Å²) in [7, 11) is 0. The minimum absolute atomic E-state index is 0.0670. The van der Waals surface area contributed by atoms with E-state index in [4.69, 9.17) is 26.1 Å². The van der Waals surface area contributed by atoms with Crippen molar-refractivity contribution in [2.24, 2.45) is 0 Å². The van der Waals surface area contributed by atoms with Crippen molar-refractivity contribution < 1.29 is 43.3 Å². The number of aromatic hydroxyl groups is 1. The van der Waals surface area contributed by atoms with Gasteiger partial charge in [-0.15, -0.1) is 0 Å². The van der Waals surface area contributed by atoms with Crippen molar-refractivity contribution >= 4 is 137 Å². The number of hydrogen-bond donors (Lipinski definition) is 5. The van der Waals surface area contributed by atoms with Gasteiger partial charge in [-0.25, -0.2) is 9.59 Å². The fourth-order valence-corrected chi connectivity index (χ4v) is 9.42. The number of benzene rings is 4. The molecule has 3 aromatic carbocycles. The molecule has 2 aliphatic rings. The molecular weight excluding hydrogens is 1020 g/mol. The van der Waals surface area contributed by atoms with Gasteiger partial charge in [0.15, 0.2) is 5.43 Å². The molecule has 13 nitrogen and oxygen atoms in total. The highest BCUT2D eigenvalue weighted by atomic mass is 127. The first-order valence-electron chi connectivity index (χ1n) is 14.6. The smallest absolute Gasteiger partial charge is 0.340 e. The standard InChI is InChI=1S/C34H24I3N3O10S/c1-14(41)38-30-27(35)26(28(36)31(29(30)37)39-15(2)42)33(47)48-9-10-49-34(51)40-16-3-6-19(22(11-16)32(45)46)25-20-7-4-17(43)12-23(20)50-24-13-18(44)5-8-21(24)25/h3-8,11-13,43H,9-10H2,1-2H3,(H,38,41)(H,39,42)(H,40,51)(H,45,46). The topological polar surface area (TPSA) is 194 Å². The summed E-state index contributed by atoms with van der Waals surface area (Å²) in [6.07, 6.45) is 0. The average molecular weight is 1050 g/mol. The summed E-state index contributed by atoms with van der Waals surface area (Å²) in [4.78, 5) is 61.5. The maximum Gasteiger partial charge on any atom is 0.340 e. The van der Waals surface area contributed by atoms with E-state index < -0.39 is 11.9 Å². The molecule has 0 saturated heterocycles. The molecule has 0 bridgehead atoms. The van der Waals surface area contributed by atoms with Gasteiger partial charge in [-0.05, 0) is 122 Å². The summed E-state index contributed by atoms with van der Waals surface area (Å²) in [6, 6.07) is 13.2. The summed E-state index contributed by atoms with van der Waals surface area (Å²) in [5.74, 6) is -2.54. The van der Waals surface area contributed by atoms with Crippen LogP contribution in [0.2, 0.25) is 0 Å². The van der Waals surface area contributed by atoms with Gasteiger partial charge in [0.2, 0.25) is 11.8 Å². The molecule has 51 heavy (non-hydrogen) atoms. The molecule has 1 heterocycles. The molecule has 2 amide bonds. The Bertz CT molecular complexity index is 2270. The molecule has 5 N–H and O–H groups in total. The van der Waals surface area contributed by atoms with Gasteiger partial charge in [-0.2, -0.15) is 0 Å². The zero-order valence-electron chi connectivity index (χ0n) is 26.3. The Balaban J connectivity index is 1.32. The molecule has 17 heteroatoms. The SMILES string of the molecule is CC(=O)Nc1c(I)c(NC(C)=O)c(I)c(C(=O)OCCOC(=S)Nc2ccc(-c3c4ccc(=O)cc-4oc4cc(O)ccc34)c(C(=O)O)c2)c1I. The van der Waals surface area contributed by atoms with E-state index in [0.717, 1.165) is 0 Å². The Morgan fingerprint density at radius 1 is 0.804 bits per heavy atom. The van der Waals surface area contributed by atoms with Crippen LogP contribution in [-0.2, 0) is 19.1 Å². The normalized spacial score (nSPS) is 10.8. The number of carbonyl (C=O) groups is 4. The number of phenolic OH excluding ortho intramolecular Hbond substituents is 1. The largest absolute Gasteiger partial charge is 0.508 e. The Hall–Kier alpha value is -4.09. The van der Waals surface area contributed by atoms with Gasteiger partial charge in [0.1, 0.15) is 30.3 Å². The second kappa shape index (κ2) is 16.1. The minimum Gasteiger partial charge on any atom is -0.508 e. The number of carboxylic acid groups (broad SMARTS) is 1. The number of carbonyl (C=O) groups excluding carboxylic acids is 3. The third-order valence-corrected chi connectivity index (χ3v) is 10.6. The van der Waals surface area contributed by atoms with E-state index in [9.17, 15) is 34.2 Å². The summed E-state index contributed by atoms with van der Waals surface area (Å²) >= 11 is 11.1. The number of phenols is 1. The molecule has 0 atom stereocenters. The van der Waals surface area contributed by atoms with E-state index in [2.05, 4.69) is 16.0 Å². The third-order valence-electron chi connectivity index (χ3n) is 7.12. The molecule has 3 aromatic rings. The van der Waals surface area contributed by atoms with Crippen LogP contribution in [-0.4, -0.2) is 52.4 Å². The molecule has 0 radical (unpaired) electrons. The summed E-state index contributed by atoms with van der Waals surface area (Å²) in [5, 5.41) is 28.9. The van der Waals surface area contributed by atoms with Crippen molar-refractivity contribution in [3.05, 3.63) is 86.7 Å². The summed E-state index contributed by atoms with van der Waals surface area (Å²) < 4.78 is 18.2. The molecule has 1 aliphatic heterocycles. The van der Waals surface area contributed by atoms with E-state index in [1.807, 2.05) is 67.8 Å². The van der Waals surface area contributed by atoms with Crippen molar-refractivity contribution in [3.63, 3.8) is 0 Å². The number of halogens is 3. The number of ether oxygens (including phenoxy) is 2. The number of esters is 1. The van der Waals surface area contributed by atoms with Crippen LogP contribution < -0.4 is 21.4 Å². The van der Waals surface area contributed by atoms with Gasteiger partial charge in [-0.1, -0.05) is 6.07 Å². The number of thiocarbonyl (C=S) groups is 1. The van der Waals surface area contributed by atoms with Crippen LogP contribution in [0.15, 0.2) is 63.8 Å². The van der Waals surface area contributed by atoms with Crippen LogP contribution in [0.3, 0.4) is 0 Å². The van der Waals surface area contributed by atoms with E-state index in [0.29, 0.717) is 49.8 Å². The fourth-order valence-electron chi connectivity index (χ4n) is 5.08. The Labute approximate surface area is 335 Å². The van der Waals surface area contributed by atoms with Gasteiger partial charge in [0.05, 0.1) is 33.2 Å². The second-order valence-electron chi connectivity index (χ2n) is 10.7. The monoisotopic (exact) mass is 1050 g/mol. The molecule has 0 spiro atoms. The molecule has 1 aliphatic carbocycles. The van der Waals surface area contributed by atoms with Gasteiger partial charge in [0.25, 0.3) is 5.17 Å². The van der Waals surface area contributed by atoms with Crippen LogP contribution in [0, 0.1) is 10.7 Å². The first kappa shape index (κ1) is 38.1. The number of hydrogen-bond acceptors (Lipinski definition) is 10. The summed E-state index contributed by atoms with van der Waals surface area (Å²) in [5.41, 5.74) is 2.32. The Morgan fingerprint density at radius 3 is 2.06 bits per heavy atom. The first-order valence-corrected chi connectivity index (χ1v) is 18.2. The van der Waals surface area contributed by atoms with E-state index in [1.165, 1.54) is 44.2 Å². The number of fused-ring (bicyclic) bond motifs is 2. The van der Waals surface area contributed by atoms with Crippen LogP contribution in [0.25, 0.3) is 33.4 Å². The number of rotatable bonds is 9. The van der Waals surface area contributed by atoms with Gasteiger partial charge < -0.3 is 40.1 Å². The van der Waals surface area contributed by atoms with Gasteiger partial charge in [0, 0.05) is 48.2 Å². The van der Waals surface area contributed by atoms with Crippen LogP contribution >= 0.6 is 80.0 Å². The second-order valence-corrected chi connectivity index (χ2v) is 14.3.